The van der Waals surface area contributed by atoms with Crippen molar-refractivity contribution >= 4 is 0 Å². The molecule has 0 saturated heterocycles. The van der Waals surface area contributed by atoms with Gasteiger partial charge in [0.1, 0.15) is 0 Å². The number of aromatic nitrogens is 2. The molecule has 5 heteroatoms. The third-order valence-electron chi connectivity index (χ3n) is 4.54. The van der Waals surface area contributed by atoms with Gasteiger partial charge >= 0.3 is 0 Å². The summed E-state index contributed by atoms with van der Waals surface area (Å²) < 4.78 is 28.8. The van der Waals surface area contributed by atoms with Crippen molar-refractivity contribution in [3.63, 3.8) is 0 Å². The maximum absolute atomic E-state index is 13.4. The quantitative estimate of drug-likeness (QED) is 0.918. The van der Waals surface area contributed by atoms with Crippen LogP contribution in [0.1, 0.15) is 49.6 Å². The van der Waals surface area contributed by atoms with E-state index in [9.17, 15) is 8.78 Å². The Hall–Kier alpha value is -0.970. The van der Waals surface area contributed by atoms with E-state index in [1.807, 2.05) is 25.5 Å². The second kappa shape index (κ2) is 4.85. The van der Waals surface area contributed by atoms with Crippen molar-refractivity contribution in [2.75, 3.05) is 6.54 Å². The fourth-order valence-corrected chi connectivity index (χ4v) is 3.42. The van der Waals surface area contributed by atoms with Crippen LogP contribution in [0.3, 0.4) is 0 Å². The second-order valence-electron chi connectivity index (χ2n) is 5.70. The van der Waals surface area contributed by atoms with Crippen LogP contribution in [0.15, 0.2) is 0 Å². The number of hydrogen-bond donors (Lipinski definition) is 1. The average Bonchev–Trinajstić information content (AvgIpc) is 2.66. The molecule has 0 spiro atoms. The van der Waals surface area contributed by atoms with Crippen LogP contribution in [-0.2, 0) is 12.0 Å². The Morgan fingerprint density at radius 1 is 1.21 bits per heavy atom. The molecule has 1 aliphatic carbocycles. The summed E-state index contributed by atoms with van der Waals surface area (Å²) >= 11 is 0. The Kier molecular flexibility index (Phi) is 3.69. The van der Waals surface area contributed by atoms with Gasteiger partial charge in [-0.1, -0.05) is 0 Å². The zero-order chi connectivity index (χ0) is 14.3. The van der Waals surface area contributed by atoms with Crippen LogP contribution in [0.25, 0.3) is 0 Å². The molecular formula is C14H23F2N3. The summed E-state index contributed by atoms with van der Waals surface area (Å²) in [6.45, 7) is 7.22. The molecule has 0 aromatic carbocycles. The Bertz CT molecular complexity index is 456. The minimum Gasteiger partial charge on any atom is -0.330 e. The lowest BCUT2D eigenvalue weighted by molar-refractivity contribution is -0.0510. The van der Waals surface area contributed by atoms with Crippen molar-refractivity contribution in [1.82, 2.24) is 9.78 Å². The standard InChI is InChI=1S/C14H23F2N3/c1-4-19-11(3)12(10(2)18-19)13(9-17)5-7-14(15,16)8-6-13/h4-9,17H2,1-3H3. The summed E-state index contributed by atoms with van der Waals surface area (Å²) in [6.07, 6.45) is 0.766. The molecule has 1 heterocycles. The first kappa shape index (κ1) is 14.4. The van der Waals surface area contributed by atoms with Crippen LogP contribution in [-0.4, -0.2) is 22.2 Å². The largest absolute Gasteiger partial charge is 0.330 e. The first-order chi connectivity index (χ1) is 8.85. The zero-order valence-corrected chi connectivity index (χ0v) is 12.0. The third-order valence-corrected chi connectivity index (χ3v) is 4.54. The molecule has 108 valence electrons. The first-order valence-electron chi connectivity index (χ1n) is 6.97. The van der Waals surface area contributed by atoms with E-state index in [0.29, 0.717) is 19.4 Å². The van der Waals surface area contributed by atoms with Gasteiger partial charge in [0.2, 0.25) is 5.92 Å². The molecule has 0 unspecified atom stereocenters. The van der Waals surface area contributed by atoms with Crippen molar-refractivity contribution in [2.45, 2.75) is 64.3 Å². The number of nitrogens with zero attached hydrogens (tertiary/aromatic N) is 2. The SMILES string of the molecule is CCn1nc(C)c(C2(CN)CCC(F)(F)CC2)c1C. The molecule has 2 N–H and O–H groups in total. The fraction of sp³-hybridized carbons (Fsp3) is 0.786. The minimum absolute atomic E-state index is 0.0691. The summed E-state index contributed by atoms with van der Waals surface area (Å²) in [4.78, 5) is 0. The van der Waals surface area contributed by atoms with Gasteiger partial charge < -0.3 is 5.73 Å². The predicted octanol–water partition coefficient (Wildman–Crippen LogP) is 2.93. The van der Waals surface area contributed by atoms with E-state index in [-0.39, 0.29) is 18.3 Å². The van der Waals surface area contributed by atoms with Crippen LogP contribution in [0.2, 0.25) is 0 Å². The van der Waals surface area contributed by atoms with E-state index >= 15 is 0 Å². The molecule has 1 fully saturated rings. The smallest absolute Gasteiger partial charge is 0.248 e. The van der Waals surface area contributed by atoms with E-state index in [4.69, 9.17) is 5.73 Å². The Balaban J connectivity index is 2.40. The van der Waals surface area contributed by atoms with E-state index in [1.165, 1.54) is 0 Å². The number of aryl methyl sites for hydroxylation is 2. The van der Waals surface area contributed by atoms with Gasteiger partial charge in [-0.15, -0.1) is 0 Å². The number of alkyl halides is 2. The number of rotatable bonds is 3. The molecule has 0 aliphatic heterocycles. The van der Waals surface area contributed by atoms with Crippen molar-refractivity contribution < 1.29 is 8.78 Å². The van der Waals surface area contributed by atoms with Gasteiger partial charge in [-0.2, -0.15) is 5.10 Å². The summed E-state index contributed by atoms with van der Waals surface area (Å²) in [5, 5.41) is 4.51. The van der Waals surface area contributed by atoms with Crippen molar-refractivity contribution in [3.05, 3.63) is 17.0 Å². The van der Waals surface area contributed by atoms with Gasteiger partial charge in [-0.3, -0.25) is 4.68 Å². The highest BCUT2D eigenvalue weighted by atomic mass is 19.3. The normalized spacial score (nSPS) is 21.6. The van der Waals surface area contributed by atoms with Crippen LogP contribution in [0.4, 0.5) is 8.78 Å². The summed E-state index contributed by atoms with van der Waals surface area (Å²) in [6, 6.07) is 0. The topological polar surface area (TPSA) is 43.8 Å². The van der Waals surface area contributed by atoms with E-state index < -0.39 is 5.92 Å². The zero-order valence-electron chi connectivity index (χ0n) is 12.0. The van der Waals surface area contributed by atoms with Gasteiger partial charge in [0.25, 0.3) is 0 Å². The molecule has 1 aromatic rings. The first-order valence-corrected chi connectivity index (χ1v) is 6.97. The third kappa shape index (κ3) is 2.40. The Labute approximate surface area is 113 Å². The van der Waals surface area contributed by atoms with Crippen molar-refractivity contribution in [2.24, 2.45) is 5.73 Å². The highest BCUT2D eigenvalue weighted by Crippen LogP contribution is 2.46. The van der Waals surface area contributed by atoms with Gasteiger partial charge in [0.15, 0.2) is 0 Å². The van der Waals surface area contributed by atoms with Crippen LogP contribution < -0.4 is 5.73 Å². The number of nitrogens with two attached hydrogens (primary N) is 1. The lowest BCUT2D eigenvalue weighted by Crippen LogP contribution is -2.42. The number of hydrogen-bond acceptors (Lipinski definition) is 2. The molecule has 0 atom stereocenters. The summed E-state index contributed by atoms with van der Waals surface area (Å²) in [7, 11) is 0. The summed E-state index contributed by atoms with van der Waals surface area (Å²) in [5.41, 5.74) is 8.77. The van der Waals surface area contributed by atoms with Gasteiger partial charge in [0.05, 0.1) is 5.69 Å². The van der Waals surface area contributed by atoms with Crippen molar-refractivity contribution in [3.8, 4) is 0 Å². The molecule has 1 aliphatic rings. The minimum atomic E-state index is -2.53. The molecule has 3 nitrogen and oxygen atoms in total. The molecule has 19 heavy (non-hydrogen) atoms. The molecule has 1 saturated carbocycles. The van der Waals surface area contributed by atoms with E-state index in [0.717, 1.165) is 23.5 Å². The number of halogens is 2. The molecule has 2 rings (SSSR count). The second-order valence-corrected chi connectivity index (χ2v) is 5.70. The highest BCUT2D eigenvalue weighted by molar-refractivity contribution is 5.35. The highest BCUT2D eigenvalue weighted by Gasteiger charge is 2.45. The monoisotopic (exact) mass is 271 g/mol. The Morgan fingerprint density at radius 2 is 1.79 bits per heavy atom. The maximum Gasteiger partial charge on any atom is 0.248 e. The van der Waals surface area contributed by atoms with Gasteiger partial charge in [-0.25, -0.2) is 8.78 Å². The summed E-state index contributed by atoms with van der Waals surface area (Å²) in [5.74, 6) is -2.53. The van der Waals surface area contributed by atoms with E-state index in [2.05, 4.69) is 5.10 Å². The fourth-order valence-electron chi connectivity index (χ4n) is 3.42. The molecular weight excluding hydrogens is 248 g/mol. The molecule has 0 amide bonds. The van der Waals surface area contributed by atoms with Crippen LogP contribution in [0.5, 0.6) is 0 Å². The van der Waals surface area contributed by atoms with Gasteiger partial charge in [-0.05, 0) is 33.6 Å². The average molecular weight is 271 g/mol. The lowest BCUT2D eigenvalue weighted by Gasteiger charge is -2.40. The lowest BCUT2D eigenvalue weighted by atomic mass is 9.67. The van der Waals surface area contributed by atoms with E-state index in [1.54, 1.807) is 0 Å². The molecule has 0 radical (unpaired) electrons. The van der Waals surface area contributed by atoms with Crippen LogP contribution >= 0.6 is 0 Å². The van der Waals surface area contributed by atoms with Crippen molar-refractivity contribution in [1.29, 1.82) is 0 Å². The van der Waals surface area contributed by atoms with Gasteiger partial charge in [0, 0.05) is 42.6 Å². The predicted molar refractivity (Wildman–Crippen MR) is 71.5 cm³/mol. The van der Waals surface area contributed by atoms with Crippen LogP contribution in [0, 0.1) is 13.8 Å². The molecule has 1 aromatic heterocycles. The Morgan fingerprint density at radius 3 is 2.21 bits per heavy atom. The maximum atomic E-state index is 13.4. The molecule has 0 bridgehead atoms.